The Labute approximate surface area is 201 Å². The molecule has 0 radical (unpaired) electrons. The Kier molecular flexibility index (Phi) is 8.99. The summed E-state index contributed by atoms with van der Waals surface area (Å²) in [6.07, 6.45) is 1.29. The average molecular weight is 479 g/mol. The van der Waals surface area contributed by atoms with Crippen LogP contribution in [-0.2, 0) is 14.3 Å². The van der Waals surface area contributed by atoms with E-state index in [-0.39, 0.29) is 23.0 Å². The molecule has 0 aliphatic heterocycles. The summed E-state index contributed by atoms with van der Waals surface area (Å²) < 4.78 is 19.1. The smallest absolute Gasteiger partial charge is 0.316 e. The van der Waals surface area contributed by atoms with Crippen LogP contribution in [0.5, 0.6) is 0 Å². The molecule has 2 amide bonds. The van der Waals surface area contributed by atoms with E-state index >= 15 is 0 Å². The zero-order valence-electron chi connectivity index (χ0n) is 18.4. The first-order valence-corrected chi connectivity index (χ1v) is 11.5. The number of hydrogen-bond acceptors (Lipinski definition) is 5. The summed E-state index contributed by atoms with van der Waals surface area (Å²) in [7, 11) is 0. The second-order valence-electron chi connectivity index (χ2n) is 6.97. The number of rotatable bonds is 9. The van der Waals surface area contributed by atoms with Crippen LogP contribution < -0.4 is 10.6 Å². The number of hydrogen-bond donors (Lipinski definition) is 2. The third-order valence-electron chi connectivity index (χ3n) is 4.51. The fourth-order valence-corrected chi connectivity index (χ4v) is 3.56. The highest BCUT2D eigenvalue weighted by Crippen LogP contribution is 2.21. The number of halogens is 1. The van der Waals surface area contributed by atoms with Crippen LogP contribution in [0, 0.1) is 5.82 Å². The minimum Gasteiger partial charge on any atom is -0.465 e. The fourth-order valence-electron chi connectivity index (χ4n) is 2.87. The minimum atomic E-state index is -0.612. The summed E-state index contributed by atoms with van der Waals surface area (Å²) in [6.45, 7) is 2.07. The Balaban J connectivity index is 1.75. The van der Waals surface area contributed by atoms with Gasteiger partial charge in [0.15, 0.2) is 0 Å². The van der Waals surface area contributed by atoms with Crippen molar-refractivity contribution in [2.45, 2.75) is 11.8 Å². The Morgan fingerprint density at radius 2 is 1.62 bits per heavy atom. The summed E-state index contributed by atoms with van der Waals surface area (Å²) in [5.74, 6) is -1.75. The average Bonchev–Trinajstić information content (AvgIpc) is 2.85. The molecule has 2 N–H and O–H groups in total. The number of anilines is 1. The van der Waals surface area contributed by atoms with Crippen LogP contribution in [-0.4, -0.2) is 30.1 Å². The van der Waals surface area contributed by atoms with Gasteiger partial charge in [0.1, 0.15) is 11.5 Å². The van der Waals surface area contributed by atoms with Gasteiger partial charge in [-0.2, -0.15) is 0 Å². The third kappa shape index (κ3) is 7.31. The van der Waals surface area contributed by atoms with Gasteiger partial charge in [-0.05, 0) is 55.5 Å². The molecule has 0 aliphatic carbocycles. The van der Waals surface area contributed by atoms with Gasteiger partial charge in [-0.25, -0.2) is 4.39 Å². The number of amides is 2. The molecule has 0 saturated carbocycles. The molecule has 8 heteroatoms. The van der Waals surface area contributed by atoms with Crippen LogP contribution in [0.25, 0.3) is 6.08 Å². The van der Waals surface area contributed by atoms with E-state index in [1.165, 1.54) is 36.0 Å². The number of carbonyl (C=O) groups is 3. The Morgan fingerprint density at radius 1 is 0.941 bits per heavy atom. The summed E-state index contributed by atoms with van der Waals surface area (Å²) in [5.41, 5.74) is 0.878. The highest BCUT2D eigenvalue weighted by Gasteiger charge is 2.16. The molecule has 0 spiro atoms. The number of carbonyl (C=O) groups excluding carboxylic acids is 3. The largest absolute Gasteiger partial charge is 0.465 e. The summed E-state index contributed by atoms with van der Waals surface area (Å²) in [5, 5.41) is 5.28. The molecule has 34 heavy (non-hydrogen) atoms. The highest BCUT2D eigenvalue weighted by atomic mass is 32.2. The zero-order valence-corrected chi connectivity index (χ0v) is 19.2. The molecule has 174 valence electrons. The van der Waals surface area contributed by atoms with Crippen LogP contribution >= 0.6 is 11.8 Å². The van der Waals surface area contributed by atoms with Gasteiger partial charge in [-0.15, -0.1) is 11.8 Å². The molecular weight excluding hydrogens is 455 g/mol. The standard InChI is InChI=1S/C26H23FN2O4S/c1-2-33-24(30)17-34-21-14-12-20(13-15-21)28-26(32)23(16-19-10-6-7-11-22(19)27)29-25(31)18-8-4-3-5-9-18/h3-16H,2,17H2,1H3,(H,28,32)(H,29,31)/b23-16-. The maximum atomic E-state index is 14.2. The van der Waals surface area contributed by atoms with Crippen LogP contribution in [0.1, 0.15) is 22.8 Å². The summed E-state index contributed by atoms with van der Waals surface area (Å²) in [6, 6.07) is 21.2. The van der Waals surface area contributed by atoms with Crippen molar-refractivity contribution in [2.75, 3.05) is 17.7 Å². The lowest BCUT2D eigenvalue weighted by Crippen LogP contribution is -2.30. The van der Waals surface area contributed by atoms with Crippen molar-refractivity contribution in [2.24, 2.45) is 0 Å². The van der Waals surface area contributed by atoms with Crippen molar-refractivity contribution in [3.05, 3.63) is 102 Å². The first-order valence-electron chi connectivity index (χ1n) is 10.5. The SMILES string of the molecule is CCOC(=O)CSc1ccc(NC(=O)/C(=C/c2ccccc2F)NC(=O)c2ccccc2)cc1. The van der Waals surface area contributed by atoms with Gasteiger partial charge in [0.2, 0.25) is 0 Å². The molecule has 0 atom stereocenters. The van der Waals surface area contributed by atoms with Gasteiger partial charge < -0.3 is 15.4 Å². The Morgan fingerprint density at radius 3 is 2.29 bits per heavy atom. The lowest BCUT2D eigenvalue weighted by atomic mass is 10.1. The van der Waals surface area contributed by atoms with Gasteiger partial charge >= 0.3 is 5.97 Å². The van der Waals surface area contributed by atoms with E-state index < -0.39 is 17.6 Å². The molecule has 3 rings (SSSR count). The lowest BCUT2D eigenvalue weighted by molar-refractivity contribution is -0.139. The van der Waals surface area contributed by atoms with Crippen molar-refractivity contribution >= 4 is 41.3 Å². The second kappa shape index (κ2) is 12.4. The quantitative estimate of drug-likeness (QED) is 0.260. The molecule has 0 aliphatic rings. The van der Waals surface area contributed by atoms with Gasteiger partial charge in [0.05, 0.1) is 12.4 Å². The number of esters is 1. The van der Waals surface area contributed by atoms with E-state index in [2.05, 4.69) is 10.6 Å². The first-order chi connectivity index (χ1) is 16.5. The molecule has 0 heterocycles. The van der Waals surface area contributed by atoms with Crippen LogP contribution in [0.2, 0.25) is 0 Å². The van der Waals surface area contributed by atoms with Crippen LogP contribution in [0.4, 0.5) is 10.1 Å². The highest BCUT2D eigenvalue weighted by molar-refractivity contribution is 8.00. The topological polar surface area (TPSA) is 84.5 Å². The number of nitrogens with one attached hydrogen (secondary N) is 2. The van der Waals surface area contributed by atoms with Crippen LogP contribution in [0.3, 0.4) is 0 Å². The van der Waals surface area contributed by atoms with Crippen molar-refractivity contribution < 1.29 is 23.5 Å². The maximum absolute atomic E-state index is 14.2. The molecule has 0 unspecified atom stereocenters. The third-order valence-corrected chi connectivity index (χ3v) is 5.49. The van der Waals surface area contributed by atoms with Crippen molar-refractivity contribution in [3.8, 4) is 0 Å². The van der Waals surface area contributed by atoms with E-state index in [1.807, 2.05) is 0 Å². The zero-order chi connectivity index (χ0) is 24.3. The van der Waals surface area contributed by atoms with E-state index in [4.69, 9.17) is 4.74 Å². The lowest BCUT2D eigenvalue weighted by Gasteiger charge is -2.12. The number of ether oxygens (including phenoxy) is 1. The normalized spacial score (nSPS) is 10.9. The van der Waals surface area contributed by atoms with E-state index in [9.17, 15) is 18.8 Å². The van der Waals surface area contributed by atoms with Gasteiger partial charge in [-0.3, -0.25) is 14.4 Å². The molecular formula is C26H23FN2O4S. The number of thioether (sulfide) groups is 1. The van der Waals surface area contributed by atoms with Gasteiger partial charge in [0, 0.05) is 21.7 Å². The Bertz CT molecular complexity index is 1180. The predicted molar refractivity (Wildman–Crippen MR) is 131 cm³/mol. The summed E-state index contributed by atoms with van der Waals surface area (Å²) >= 11 is 1.31. The number of benzene rings is 3. The molecule has 3 aromatic carbocycles. The first kappa shape index (κ1) is 24.7. The summed E-state index contributed by atoms with van der Waals surface area (Å²) in [4.78, 5) is 37.9. The van der Waals surface area contributed by atoms with Crippen molar-refractivity contribution in [1.29, 1.82) is 0 Å². The fraction of sp³-hybridized carbons (Fsp3) is 0.115. The minimum absolute atomic E-state index is 0.111. The monoisotopic (exact) mass is 478 g/mol. The van der Waals surface area contributed by atoms with E-state index in [0.717, 1.165) is 4.90 Å². The molecule has 0 bridgehead atoms. The molecule has 0 aromatic heterocycles. The predicted octanol–water partition coefficient (Wildman–Crippen LogP) is 4.89. The van der Waals surface area contributed by atoms with Crippen molar-refractivity contribution in [1.82, 2.24) is 5.32 Å². The second-order valence-corrected chi connectivity index (χ2v) is 8.02. The maximum Gasteiger partial charge on any atom is 0.316 e. The van der Waals surface area contributed by atoms with E-state index in [0.29, 0.717) is 17.9 Å². The molecule has 3 aromatic rings. The van der Waals surface area contributed by atoms with Crippen molar-refractivity contribution in [3.63, 3.8) is 0 Å². The molecule has 0 fully saturated rings. The van der Waals surface area contributed by atoms with Gasteiger partial charge in [0.25, 0.3) is 11.8 Å². The Hall–Kier alpha value is -3.91. The molecule has 0 saturated heterocycles. The molecule has 6 nitrogen and oxygen atoms in total. The van der Waals surface area contributed by atoms with Gasteiger partial charge in [-0.1, -0.05) is 36.4 Å². The van der Waals surface area contributed by atoms with Crippen LogP contribution in [0.15, 0.2) is 89.5 Å². The van der Waals surface area contributed by atoms with E-state index in [1.54, 1.807) is 67.6 Å².